The molecule has 0 saturated carbocycles. The summed E-state index contributed by atoms with van der Waals surface area (Å²) in [7, 11) is 0. The van der Waals surface area contributed by atoms with Crippen LogP contribution in [-0.4, -0.2) is 45.7 Å². The van der Waals surface area contributed by atoms with Crippen molar-refractivity contribution in [3.05, 3.63) is 69.8 Å². The molecule has 160 valence electrons. The number of para-hydroxylation sites is 1. The molecule has 0 bridgehead atoms. The second kappa shape index (κ2) is 8.15. The maximum atomic E-state index is 13.5. The minimum Gasteiger partial charge on any atom is -0.356 e. The van der Waals surface area contributed by atoms with Crippen molar-refractivity contribution in [2.75, 3.05) is 13.1 Å². The van der Waals surface area contributed by atoms with Gasteiger partial charge in [-0.3, -0.25) is 9.59 Å². The van der Waals surface area contributed by atoms with Crippen molar-refractivity contribution in [2.24, 2.45) is 0 Å². The Morgan fingerprint density at radius 3 is 2.61 bits per heavy atom. The summed E-state index contributed by atoms with van der Waals surface area (Å²) in [5, 5.41) is 1.14. The first kappa shape index (κ1) is 20.3. The van der Waals surface area contributed by atoms with E-state index in [1.165, 1.54) is 0 Å². The number of hydrogen-bond acceptors (Lipinski definition) is 2. The van der Waals surface area contributed by atoms with Crippen LogP contribution in [0.25, 0.3) is 10.9 Å². The zero-order valence-electron chi connectivity index (χ0n) is 17.6. The van der Waals surface area contributed by atoms with Gasteiger partial charge >= 0.3 is 0 Å². The number of aromatic nitrogens is 1. The van der Waals surface area contributed by atoms with Crippen LogP contribution in [0.2, 0.25) is 0 Å². The highest BCUT2D eigenvalue weighted by Gasteiger charge is 2.47. The van der Waals surface area contributed by atoms with E-state index in [9.17, 15) is 9.59 Å². The highest BCUT2D eigenvalue weighted by atomic mass is 79.9. The minimum atomic E-state index is -0.455. The van der Waals surface area contributed by atoms with E-state index >= 15 is 0 Å². The fraction of sp³-hybridized carbons (Fsp3) is 0.360. The summed E-state index contributed by atoms with van der Waals surface area (Å²) in [6.07, 6.45) is 3.66. The summed E-state index contributed by atoms with van der Waals surface area (Å²) < 4.78 is 0.989. The average molecular weight is 480 g/mol. The van der Waals surface area contributed by atoms with Gasteiger partial charge in [-0.15, -0.1) is 0 Å². The van der Waals surface area contributed by atoms with Crippen LogP contribution in [0.15, 0.2) is 53.0 Å². The van der Waals surface area contributed by atoms with E-state index in [2.05, 4.69) is 40.0 Å². The Balaban J connectivity index is 1.61. The number of benzene rings is 2. The Morgan fingerprint density at radius 2 is 1.84 bits per heavy atom. The number of nitrogens with one attached hydrogen (secondary N) is 1. The molecule has 1 N–H and O–H groups in total. The number of carbonyl (C=O) groups excluding carboxylic acids is 2. The van der Waals surface area contributed by atoms with Crippen molar-refractivity contribution < 1.29 is 9.59 Å². The largest absolute Gasteiger partial charge is 0.356 e. The lowest BCUT2D eigenvalue weighted by atomic mass is 9.86. The molecule has 6 heteroatoms. The lowest BCUT2D eigenvalue weighted by molar-refractivity contribution is -0.158. The van der Waals surface area contributed by atoms with Crippen LogP contribution < -0.4 is 0 Å². The van der Waals surface area contributed by atoms with Gasteiger partial charge in [0.05, 0.1) is 12.6 Å². The fourth-order valence-electron chi connectivity index (χ4n) is 5.06. The summed E-state index contributed by atoms with van der Waals surface area (Å²) in [4.78, 5) is 34.1. The van der Waals surface area contributed by atoms with E-state index in [0.29, 0.717) is 13.0 Å². The van der Waals surface area contributed by atoms with Crippen LogP contribution >= 0.6 is 15.9 Å². The number of H-pyrrole nitrogens is 1. The summed E-state index contributed by atoms with van der Waals surface area (Å²) in [6.45, 7) is 2.97. The Hall–Kier alpha value is -2.60. The number of halogens is 1. The molecule has 5 nitrogen and oxygen atoms in total. The molecule has 31 heavy (non-hydrogen) atoms. The number of amides is 2. The van der Waals surface area contributed by atoms with Crippen molar-refractivity contribution in [1.29, 1.82) is 0 Å². The maximum Gasteiger partial charge on any atom is 0.246 e. The fourth-order valence-corrected chi connectivity index (χ4v) is 5.32. The van der Waals surface area contributed by atoms with E-state index in [-0.39, 0.29) is 24.4 Å². The average Bonchev–Trinajstić information content (AvgIpc) is 3.15. The van der Waals surface area contributed by atoms with Gasteiger partial charge in [0.25, 0.3) is 0 Å². The number of nitrogens with zero attached hydrogens (tertiary/aromatic N) is 2. The van der Waals surface area contributed by atoms with Crippen LogP contribution in [-0.2, 0) is 16.0 Å². The Labute approximate surface area is 190 Å². The quantitative estimate of drug-likeness (QED) is 0.534. The Morgan fingerprint density at radius 1 is 1.06 bits per heavy atom. The molecular weight excluding hydrogens is 454 g/mol. The first-order chi connectivity index (χ1) is 15.1. The van der Waals surface area contributed by atoms with Crippen molar-refractivity contribution in [1.82, 2.24) is 14.8 Å². The van der Waals surface area contributed by atoms with Gasteiger partial charge in [-0.05, 0) is 35.7 Å². The third-order valence-electron chi connectivity index (χ3n) is 6.56. The molecule has 3 aromatic rings. The molecule has 5 rings (SSSR count). The van der Waals surface area contributed by atoms with Gasteiger partial charge in [-0.2, -0.15) is 0 Å². The van der Waals surface area contributed by atoms with Crippen LogP contribution in [0, 0.1) is 0 Å². The second-order valence-electron chi connectivity index (χ2n) is 8.50. The lowest BCUT2D eigenvalue weighted by Crippen LogP contribution is -2.63. The Bertz CT molecular complexity index is 1140. The molecule has 1 saturated heterocycles. The predicted octanol–water partition coefficient (Wildman–Crippen LogP) is 4.81. The van der Waals surface area contributed by atoms with Crippen molar-refractivity contribution >= 4 is 38.6 Å². The molecular formula is C25H26BrN3O2. The highest BCUT2D eigenvalue weighted by Crippen LogP contribution is 2.42. The topological polar surface area (TPSA) is 56.4 Å². The van der Waals surface area contributed by atoms with Crippen molar-refractivity contribution in [3.8, 4) is 0 Å². The molecule has 1 fully saturated rings. The van der Waals surface area contributed by atoms with Gasteiger partial charge < -0.3 is 14.8 Å². The van der Waals surface area contributed by atoms with Crippen molar-refractivity contribution in [2.45, 2.75) is 44.7 Å². The zero-order chi connectivity index (χ0) is 21.5. The first-order valence-corrected chi connectivity index (χ1v) is 11.8. The Kier molecular flexibility index (Phi) is 5.34. The van der Waals surface area contributed by atoms with E-state index in [1.54, 1.807) is 4.90 Å². The van der Waals surface area contributed by atoms with E-state index in [4.69, 9.17) is 0 Å². The minimum absolute atomic E-state index is 0.0262. The van der Waals surface area contributed by atoms with Crippen molar-refractivity contribution in [3.63, 3.8) is 0 Å². The summed E-state index contributed by atoms with van der Waals surface area (Å²) in [6, 6.07) is 15.5. The zero-order valence-corrected chi connectivity index (χ0v) is 19.2. The SMILES string of the molecule is CCCCCN1CC(=O)N2[C@@H](c3ccc(Br)cc3)c3[nH]c4ccccc4c3C[C@H]2C1=O. The predicted molar refractivity (Wildman–Crippen MR) is 125 cm³/mol. The smallest absolute Gasteiger partial charge is 0.246 e. The van der Waals surface area contributed by atoms with Gasteiger partial charge in [0.15, 0.2) is 0 Å². The van der Waals surface area contributed by atoms with Gasteiger partial charge in [0, 0.05) is 34.0 Å². The molecule has 0 spiro atoms. The molecule has 0 unspecified atom stereocenters. The number of carbonyl (C=O) groups is 2. The monoisotopic (exact) mass is 479 g/mol. The maximum absolute atomic E-state index is 13.5. The first-order valence-electron chi connectivity index (χ1n) is 11.0. The number of aromatic amines is 1. The van der Waals surface area contributed by atoms with E-state index in [1.807, 2.05) is 41.3 Å². The number of unbranched alkanes of at least 4 members (excludes halogenated alkanes) is 2. The van der Waals surface area contributed by atoms with Crippen LogP contribution in [0.3, 0.4) is 0 Å². The summed E-state index contributed by atoms with van der Waals surface area (Å²) in [5.41, 5.74) is 4.25. The lowest BCUT2D eigenvalue weighted by Gasteiger charge is -2.47. The van der Waals surface area contributed by atoms with Crippen LogP contribution in [0.4, 0.5) is 0 Å². The number of fused-ring (bicyclic) bond motifs is 4. The van der Waals surface area contributed by atoms with Gasteiger partial charge in [-0.1, -0.05) is 66.0 Å². The third-order valence-corrected chi connectivity index (χ3v) is 7.09. The number of rotatable bonds is 5. The van der Waals surface area contributed by atoms with E-state index < -0.39 is 6.04 Å². The molecule has 2 aliphatic heterocycles. The summed E-state index contributed by atoms with van der Waals surface area (Å²) in [5.74, 6) is 0.104. The van der Waals surface area contributed by atoms with E-state index in [0.717, 1.165) is 51.5 Å². The van der Waals surface area contributed by atoms with Gasteiger partial charge in [-0.25, -0.2) is 0 Å². The molecule has 2 atom stereocenters. The van der Waals surface area contributed by atoms with Crippen LogP contribution in [0.1, 0.15) is 49.0 Å². The molecule has 2 aromatic carbocycles. The molecule has 0 radical (unpaired) electrons. The van der Waals surface area contributed by atoms with Gasteiger partial charge in [0.1, 0.15) is 6.04 Å². The number of piperazine rings is 1. The molecule has 3 heterocycles. The highest BCUT2D eigenvalue weighted by molar-refractivity contribution is 9.10. The number of hydrogen-bond donors (Lipinski definition) is 1. The standard InChI is InChI=1S/C25H26BrN3O2/c1-2-3-6-13-28-15-22(30)29-21(25(28)31)14-19-18-7-4-5-8-20(18)27-23(19)24(29)16-9-11-17(26)12-10-16/h4-5,7-12,21,24,27H,2-3,6,13-15H2,1H3/t21-,24-/m0/s1. The molecule has 2 amide bonds. The molecule has 1 aromatic heterocycles. The van der Waals surface area contributed by atoms with Gasteiger partial charge in [0.2, 0.25) is 11.8 Å². The molecule has 2 aliphatic rings. The normalized spacial score (nSPS) is 20.8. The summed E-state index contributed by atoms with van der Waals surface area (Å²) >= 11 is 3.51. The molecule has 0 aliphatic carbocycles. The van der Waals surface area contributed by atoms with Crippen LogP contribution in [0.5, 0.6) is 0 Å². The third kappa shape index (κ3) is 3.47. The second-order valence-corrected chi connectivity index (χ2v) is 9.42.